The molecule has 13 heavy (non-hydrogen) atoms. The number of aliphatic imine (C=N–C) groups is 1. The average Bonchev–Trinajstić information content (AvgIpc) is 2.19. The van der Waals surface area contributed by atoms with Gasteiger partial charge in [0.25, 0.3) is 0 Å². The molecule has 1 aromatic rings. The molecule has 1 atom stereocenters. The van der Waals surface area contributed by atoms with Gasteiger partial charge in [0.15, 0.2) is 0 Å². The smallest absolute Gasteiger partial charge is 0.0847 e. The molecule has 0 spiro atoms. The Morgan fingerprint density at radius 3 is 2.77 bits per heavy atom. The lowest BCUT2D eigenvalue weighted by molar-refractivity contribution is 0.440. The van der Waals surface area contributed by atoms with E-state index in [-0.39, 0.29) is 0 Å². The van der Waals surface area contributed by atoms with E-state index in [9.17, 15) is 0 Å². The monoisotopic (exact) mass is 174 g/mol. The minimum atomic E-state index is 0.566. The van der Waals surface area contributed by atoms with E-state index in [1.54, 1.807) is 0 Å². The summed E-state index contributed by atoms with van der Waals surface area (Å²) >= 11 is 0. The normalized spacial score (nSPS) is 21.9. The van der Waals surface area contributed by atoms with E-state index in [0.29, 0.717) is 5.92 Å². The number of rotatable bonds is 1. The molecular formula is C11H14N2. The van der Waals surface area contributed by atoms with E-state index in [1.807, 2.05) is 6.34 Å². The van der Waals surface area contributed by atoms with Crippen LogP contribution < -0.4 is 0 Å². The standard InChI is InChI=1S/C11H14N2/c1-13-8-11(7-12-9-13)10-5-3-2-4-6-10/h2-6,9,11H,7-8H2,1H3. The number of nitrogens with zero attached hydrogens (tertiary/aromatic N) is 2. The highest BCUT2D eigenvalue weighted by atomic mass is 15.1. The van der Waals surface area contributed by atoms with Crippen molar-refractivity contribution in [2.75, 3.05) is 20.1 Å². The van der Waals surface area contributed by atoms with Crippen LogP contribution >= 0.6 is 0 Å². The van der Waals surface area contributed by atoms with Gasteiger partial charge in [0, 0.05) is 26.1 Å². The molecule has 0 radical (unpaired) electrons. The molecule has 2 rings (SSSR count). The maximum absolute atomic E-state index is 4.32. The quantitative estimate of drug-likeness (QED) is 0.633. The molecule has 68 valence electrons. The zero-order valence-electron chi connectivity index (χ0n) is 7.85. The Labute approximate surface area is 78.9 Å². The van der Waals surface area contributed by atoms with Gasteiger partial charge >= 0.3 is 0 Å². The molecule has 0 aromatic heterocycles. The van der Waals surface area contributed by atoms with Crippen molar-refractivity contribution in [2.24, 2.45) is 4.99 Å². The van der Waals surface area contributed by atoms with Crippen LogP contribution in [0.25, 0.3) is 0 Å². The van der Waals surface area contributed by atoms with Crippen molar-refractivity contribution >= 4 is 6.34 Å². The fraction of sp³-hybridized carbons (Fsp3) is 0.364. The first-order chi connectivity index (χ1) is 6.36. The third kappa shape index (κ3) is 1.89. The fourth-order valence-electron chi connectivity index (χ4n) is 1.70. The van der Waals surface area contributed by atoms with Gasteiger partial charge in [0.05, 0.1) is 6.34 Å². The molecule has 1 heterocycles. The Morgan fingerprint density at radius 2 is 2.08 bits per heavy atom. The van der Waals surface area contributed by atoms with Crippen LogP contribution in [0.2, 0.25) is 0 Å². The van der Waals surface area contributed by atoms with Gasteiger partial charge in [-0.2, -0.15) is 0 Å². The Morgan fingerprint density at radius 1 is 1.31 bits per heavy atom. The zero-order chi connectivity index (χ0) is 9.10. The van der Waals surface area contributed by atoms with E-state index < -0.39 is 0 Å². The largest absolute Gasteiger partial charge is 0.365 e. The minimum absolute atomic E-state index is 0.566. The highest BCUT2D eigenvalue weighted by molar-refractivity contribution is 5.56. The second kappa shape index (κ2) is 3.60. The highest BCUT2D eigenvalue weighted by Crippen LogP contribution is 2.18. The molecule has 1 unspecified atom stereocenters. The van der Waals surface area contributed by atoms with Gasteiger partial charge < -0.3 is 4.90 Å². The third-order valence-electron chi connectivity index (χ3n) is 2.38. The van der Waals surface area contributed by atoms with Gasteiger partial charge in [0.2, 0.25) is 0 Å². The molecule has 1 aliphatic rings. The van der Waals surface area contributed by atoms with E-state index >= 15 is 0 Å². The van der Waals surface area contributed by atoms with Gasteiger partial charge in [-0.05, 0) is 5.56 Å². The summed E-state index contributed by atoms with van der Waals surface area (Å²) in [4.78, 5) is 6.46. The van der Waals surface area contributed by atoms with E-state index in [0.717, 1.165) is 13.1 Å². The van der Waals surface area contributed by atoms with E-state index in [4.69, 9.17) is 0 Å². The number of likely N-dealkylation sites (N-methyl/N-ethyl adjacent to an activating group) is 1. The first-order valence-electron chi connectivity index (χ1n) is 4.61. The molecular weight excluding hydrogens is 160 g/mol. The van der Waals surface area contributed by atoms with Crippen LogP contribution in [-0.2, 0) is 0 Å². The molecule has 0 fully saturated rings. The second-order valence-corrected chi connectivity index (χ2v) is 3.53. The van der Waals surface area contributed by atoms with Crippen molar-refractivity contribution in [1.82, 2.24) is 4.90 Å². The highest BCUT2D eigenvalue weighted by Gasteiger charge is 2.14. The predicted molar refractivity (Wildman–Crippen MR) is 55.2 cm³/mol. The lowest BCUT2D eigenvalue weighted by Crippen LogP contribution is -2.29. The first kappa shape index (κ1) is 8.30. The topological polar surface area (TPSA) is 15.6 Å². The molecule has 0 N–H and O–H groups in total. The molecule has 0 saturated heterocycles. The Kier molecular flexibility index (Phi) is 2.30. The van der Waals surface area contributed by atoms with E-state index in [2.05, 4.69) is 47.3 Å². The summed E-state index contributed by atoms with van der Waals surface area (Å²) in [5.74, 6) is 0.566. The Hall–Kier alpha value is -1.31. The molecule has 0 amide bonds. The maximum Gasteiger partial charge on any atom is 0.0847 e. The van der Waals surface area contributed by atoms with Gasteiger partial charge in [-0.25, -0.2) is 0 Å². The van der Waals surface area contributed by atoms with Gasteiger partial charge in [-0.1, -0.05) is 30.3 Å². The predicted octanol–water partition coefficient (Wildman–Crippen LogP) is 1.74. The number of hydrogen-bond donors (Lipinski definition) is 0. The lowest BCUT2D eigenvalue weighted by Gasteiger charge is -2.25. The van der Waals surface area contributed by atoms with Gasteiger partial charge in [-0.3, -0.25) is 4.99 Å². The van der Waals surface area contributed by atoms with Crippen LogP contribution in [0, 0.1) is 0 Å². The lowest BCUT2D eigenvalue weighted by atomic mass is 9.98. The van der Waals surface area contributed by atoms with Crippen molar-refractivity contribution < 1.29 is 0 Å². The second-order valence-electron chi connectivity index (χ2n) is 3.53. The van der Waals surface area contributed by atoms with Crippen LogP contribution in [-0.4, -0.2) is 31.4 Å². The average molecular weight is 174 g/mol. The summed E-state index contributed by atoms with van der Waals surface area (Å²) in [7, 11) is 2.07. The maximum atomic E-state index is 4.32. The third-order valence-corrected chi connectivity index (χ3v) is 2.38. The summed E-state index contributed by atoms with van der Waals surface area (Å²) in [6.07, 6.45) is 1.92. The van der Waals surface area contributed by atoms with Crippen molar-refractivity contribution in [3.05, 3.63) is 35.9 Å². The van der Waals surface area contributed by atoms with Crippen LogP contribution in [0.4, 0.5) is 0 Å². The Bertz CT molecular complexity index is 292. The minimum Gasteiger partial charge on any atom is -0.365 e. The molecule has 1 aliphatic heterocycles. The van der Waals surface area contributed by atoms with Crippen LogP contribution in [0.5, 0.6) is 0 Å². The molecule has 0 bridgehead atoms. The Balaban J connectivity index is 2.15. The molecule has 2 nitrogen and oxygen atoms in total. The SMILES string of the molecule is CN1C=NCC(c2ccccc2)C1. The summed E-state index contributed by atoms with van der Waals surface area (Å²) in [5, 5.41) is 0. The van der Waals surface area contributed by atoms with Crippen molar-refractivity contribution in [3.63, 3.8) is 0 Å². The van der Waals surface area contributed by atoms with Crippen molar-refractivity contribution in [3.8, 4) is 0 Å². The molecule has 0 saturated carbocycles. The van der Waals surface area contributed by atoms with Crippen LogP contribution in [0.15, 0.2) is 35.3 Å². The number of benzene rings is 1. The molecule has 0 aliphatic carbocycles. The van der Waals surface area contributed by atoms with Crippen LogP contribution in [0.1, 0.15) is 11.5 Å². The van der Waals surface area contributed by atoms with Crippen molar-refractivity contribution in [1.29, 1.82) is 0 Å². The summed E-state index contributed by atoms with van der Waals surface area (Å²) in [5.41, 5.74) is 1.39. The zero-order valence-corrected chi connectivity index (χ0v) is 7.85. The number of hydrogen-bond acceptors (Lipinski definition) is 2. The van der Waals surface area contributed by atoms with Crippen molar-refractivity contribution in [2.45, 2.75) is 5.92 Å². The fourth-order valence-corrected chi connectivity index (χ4v) is 1.70. The first-order valence-corrected chi connectivity index (χ1v) is 4.61. The summed E-state index contributed by atoms with van der Waals surface area (Å²) in [6.45, 7) is 2.00. The molecule has 1 aromatic carbocycles. The van der Waals surface area contributed by atoms with Gasteiger partial charge in [-0.15, -0.1) is 0 Å². The van der Waals surface area contributed by atoms with Gasteiger partial charge in [0.1, 0.15) is 0 Å². The summed E-state index contributed by atoms with van der Waals surface area (Å²) in [6, 6.07) is 10.6. The van der Waals surface area contributed by atoms with E-state index in [1.165, 1.54) is 5.56 Å². The molecule has 2 heteroatoms. The summed E-state index contributed by atoms with van der Waals surface area (Å²) < 4.78 is 0. The van der Waals surface area contributed by atoms with Crippen LogP contribution in [0.3, 0.4) is 0 Å².